The number of esters is 1. The number of anilines is 1. The zero-order valence-electron chi connectivity index (χ0n) is 12.9. The van der Waals surface area contributed by atoms with Gasteiger partial charge in [-0.3, -0.25) is 4.79 Å². The summed E-state index contributed by atoms with van der Waals surface area (Å²) in [7, 11) is 1.27. The first-order chi connectivity index (χ1) is 11.2. The molecule has 0 aliphatic carbocycles. The highest BCUT2D eigenvalue weighted by Gasteiger charge is 2.32. The Labute approximate surface area is 135 Å². The second-order valence-corrected chi connectivity index (χ2v) is 5.49. The van der Waals surface area contributed by atoms with Crippen LogP contribution in [0.25, 0.3) is 6.08 Å². The number of rotatable bonds is 3. The summed E-state index contributed by atoms with van der Waals surface area (Å²) >= 11 is 0. The van der Waals surface area contributed by atoms with E-state index in [1.54, 1.807) is 4.90 Å². The van der Waals surface area contributed by atoms with Crippen LogP contribution in [0.5, 0.6) is 0 Å². The first kappa shape index (κ1) is 18.2. The number of hydrogen-bond donors (Lipinski definition) is 0. The van der Waals surface area contributed by atoms with Gasteiger partial charge in [-0.25, -0.2) is 0 Å². The zero-order chi connectivity index (χ0) is 17.9. The van der Waals surface area contributed by atoms with Gasteiger partial charge in [-0.2, -0.15) is 22.0 Å². The van der Waals surface area contributed by atoms with Crippen LogP contribution in [0, 0.1) is 5.92 Å². The number of carbonyl (C=O) groups is 1. The third-order valence-corrected chi connectivity index (χ3v) is 3.99. The Bertz CT molecular complexity index is 630. The van der Waals surface area contributed by atoms with Crippen molar-refractivity contribution in [3.05, 3.63) is 35.4 Å². The van der Waals surface area contributed by atoms with E-state index in [2.05, 4.69) is 4.74 Å². The molecule has 0 amide bonds. The van der Waals surface area contributed by atoms with Gasteiger partial charge >= 0.3 is 12.1 Å². The van der Waals surface area contributed by atoms with Crippen LogP contribution in [0.2, 0.25) is 0 Å². The molecule has 0 bridgehead atoms. The Morgan fingerprint density at radius 2 is 1.88 bits per heavy atom. The van der Waals surface area contributed by atoms with E-state index in [4.69, 9.17) is 0 Å². The Morgan fingerprint density at radius 1 is 1.25 bits per heavy atom. The van der Waals surface area contributed by atoms with Gasteiger partial charge in [0, 0.05) is 30.4 Å². The molecule has 2 rings (SSSR count). The fourth-order valence-electron chi connectivity index (χ4n) is 2.76. The maximum absolute atomic E-state index is 12.9. The van der Waals surface area contributed by atoms with Crippen molar-refractivity contribution in [2.45, 2.75) is 19.0 Å². The summed E-state index contributed by atoms with van der Waals surface area (Å²) in [4.78, 5) is 13.1. The fraction of sp³-hybridized carbons (Fsp3) is 0.438. The highest BCUT2D eigenvalue weighted by Crippen LogP contribution is 2.36. The average Bonchev–Trinajstić information content (AvgIpc) is 2.53. The quantitative estimate of drug-likeness (QED) is 0.601. The van der Waals surface area contributed by atoms with E-state index < -0.39 is 17.8 Å². The van der Waals surface area contributed by atoms with Crippen LogP contribution in [-0.2, 0) is 15.7 Å². The summed E-state index contributed by atoms with van der Waals surface area (Å²) in [6, 6.07) is 2.68. The number of benzene rings is 1. The largest absolute Gasteiger partial charge is 0.469 e. The number of piperidine rings is 1. The van der Waals surface area contributed by atoms with Gasteiger partial charge in [0.2, 0.25) is 0 Å². The number of alkyl halides is 3. The summed E-state index contributed by atoms with van der Waals surface area (Å²) in [6.45, 7) is 0.575. The number of halogens is 5. The van der Waals surface area contributed by atoms with Gasteiger partial charge in [0.1, 0.15) is 0 Å². The minimum Gasteiger partial charge on any atom is -0.469 e. The smallest absolute Gasteiger partial charge is 0.416 e. The highest BCUT2D eigenvalue weighted by molar-refractivity contribution is 5.73. The molecule has 0 radical (unpaired) electrons. The maximum Gasteiger partial charge on any atom is 0.416 e. The molecule has 132 valence electrons. The first-order valence-electron chi connectivity index (χ1n) is 7.29. The number of hydrogen-bond acceptors (Lipinski definition) is 3. The normalized spacial score (nSPS) is 16.0. The molecule has 0 unspecified atom stereocenters. The van der Waals surface area contributed by atoms with Crippen LogP contribution in [-0.4, -0.2) is 26.2 Å². The molecule has 1 aliphatic heterocycles. The lowest BCUT2D eigenvalue weighted by Gasteiger charge is -2.33. The van der Waals surface area contributed by atoms with Crippen molar-refractivity contribution in [3.8, 4) is 0 Å². The molecular weight excluding hydrogens is 333 g/mol. The molecule has 8 heteroatoms. The van der Waals surface area contributed by atoms with Gasteiger partial charge in [-0.05, 0) is 25.0 Å². The predicted octanol–water partition coefficient (Wildman–Crippen LogP) is 4.33. The SMILES string of the molecule is COC(=O)C1CCN(c2cc(C(F)(F)F)ccc2C=C(F)F)CC1. The van der Waals surface area contributed by atoms with Crippen molar-refractivity contribution in [1.29, 1.82) is 0 Å². The third kappa shape index (κ3) is 4.24. The molecule has 1 aromatic rings. The second-order valence-electron chi connectivity index (χ2n) is 5.49. The monoisotopic (exact) mass is 349 g/mol. The lowest BCUT2D eigenvalue weighted by Crippen LogP contribution is -2.37. The Hall–Kier alpha value is -2.12. The van der Waals surface area contributed by atoms with Gasteiger partial charge in [0.25, 0.3) is 6.08 Å². The summed E-state index contributed by atoms with van der Waals surface area (Å²) in [5.41, 5.74) is -0.801. The van der Waals surface area contributed by atoms with E-state index in [-0.39, 0.29) is 36.2 Å². The second kappa shape index (κ2) is 7.19. The van der Waals surface area contributed by atoms with E-state index in [9.17, 15) is 26.7 Å². The van der Waals surface area contributed by atoms with Crippen LogP contribution in [0.1, 0.15) is 24.0 Å². The molecule has 0 N–H and O–H groups in total. The first-order valence-corrected chi connectivity index (χ1v) is 7.29. The number of ether oxygens (including phenoxy) is 1. The summed E-state index contributed by atoms with van der Waals surface area (Å²) in [6.07, 6.45) is -5.22. The third-order valence-electron chi connectivity index (χ3n) is 3.99. The van der Waals surface area contributed by atoms with Gasteiger partial charge in [0.05, 0.1) is 18.6 Å². The summed E-state index contributed by atoms with van der Waals surface area (Å²) in [5, 5.41) is 0. The highest BCUT2D eigenvalue weighted by atomic mass is 19.4. The van der Waals surface area contributed by atoms with Gasteiger partial charge in [0.15, 0.2) is 0 Å². The topological polar surface area (TPSA) is 29.5 Å². The molecule has 1 saturated heterocycles. The van der Waals surface area contributed by atoms with Crippen LogP contribution >= 0.6 is 0 Å². The number of methoxy groups -OCH3 is 1. The molecule has 3 nitrogen and oxygen atoms in total. The summed E-state index contributed by atoms with van der Waals surface area (Å²) in [5.74, 6) is -0.692. The van der Waals surface area contributed by atoms with Crippen molar-refractivity contribution in [1.82, 2.24) is 0 Å². The Morgan fingerprint density at radius 3 is 2.38 bits per heavy atom. The molecule has 1 aliphatic rings. The fourth-order valence-corrected chi connectivity index (χ4v) is 2.76. The minimum atomic E-state index is -4.56. The van der Waals surface area contributed by atoms with Crippen molar-refractivity contribution >= 4 is 17.7 Å². The molecule has 0 aromatic heterocycles. The van der Waals surface area contributed by atoms with Crippen LogP contribution in [0.15, 0.2) is 24.3 Å². The Balaban J connectivity index is 2.30. The van der Waals surface area contributed by atoms with E-state index in [1.165, 1.54) is 7.11 Å². The molecule has 24 heavy (non-hydrogen) atoms. The number of carbonyl (C=O) groups excluding carboxylic acids is 1. The molecule has 1 aromatic carbocycles. The van der Waals surface area contributed by atoms with Crippen molar-refractivity contribution in [3.63, 3.8) is 0 Å². The Kier molecular flexibility index (Phi) is 5.46. The lowest BCUT2D eigenvalue weighted by atomic mass is 9.95. The van der Waals surface area contributed by atoms with E-state index >= 15 is 0 Å². The van der Waals surface area contributed by atoms with Crippen LogP contribution < -0.4 is 4.90 Å². The standard InChI is InChI=1S/C16H16F5NO2/c1-24-15(23)10-4-6-22(7-5-10)13-9-12(16(19,20)21)3-2-11(13)8-14(17)18/h2-3,8-10H,4-7H2,1H3. The minimum absolute atomic E-state index is 0.0134. The molecule has 0 atom stereocenters. The van der Waals surface area contributed by atoms with Crippen molar-refractivity contribution < 1.29 is 31.5 Å². The molecule has 1 heterocycles. The summed E-state index contributed by atoms with van der Waals surface area (Å²) < 4.78 is 68.5. The van der Waals surface area contributed by atoms with Crippen LogP contribution in [0.4, 0.5) is 27.6 Å². The lowest BCUT2D eigenvalue weighted by molar-refractivity contribution is -0.146. The van der Waals surface area contributed by atoms with Crippen molar-refractivity contribution in [2.75, 3.05) is 25.1 Å². The maximum atomic E-state index is 12.9. The van der Waals surface area contributed by atoms with Gasteiger partial charge in [-0.15, -0.1) is 0 Å². The van der Waals surface area contributed by atoms with Gasteiger partial charge < -0.3 is 9.64 Å². The zero-order valence-corrected chi connectivity index (χ0v) is 12.9. The van der Waals surface area contributed by atoms with Crippen LogP contribution in [0.3, 0.4) is 0 Å². The molecule has 0 saturated carbocycles. The molecular formula is C16H16F5NO2. The van der Waals surface area contributed by atoms with E-state index in [1.807, 2.05) is 0 Å². The van der Waals surface area contributed by atoms with Crippen molar-refractivity contribution in [2.24, 2.45) is 5.92 Å². The average molecular weight is 349 g/mol. The van der Waals surface area contributed by atoms with Gasteiger partial charge in [-0.1, -0.05) is 6.07 Å². The molecule has 0 spiro atoms. The van der Waals surface area contributed by atoms with E-state index in [0.717, 1.165) is 18.2 Å². The number of nitrogens with zero attached hydrogens (tertiary/aromatic N) is 1. The molecule has 1 fully saturated rings. The van der Waals surface area contributed by atoms with E-state index in [0.29, 0.717) is 18.9 Å². The predicted molar refractivity (Wildman–Crippen MR) is 78.6 cm³/mol.